The molecular weight excluding hydrogens is 402 g/mol. The maximum Gasteiger partial charge on any atom is 0.231 e. The number of fused-ring (bicyclic) bond motifs is 4. The highest BCUT2D eigenvalue weighted by Crippen LogP contribution is 2.41. The number of pyridine rings is 2. The summed E-state index contributed by atoms with van der Waals surface area (Å²) in [5.74, 6) is 1.40. The number of ketones is 1. The number of benzene rings is 2. The van der Waals surface area contributed by atoms with Gasteiger partial charge in [0.15, 0.2) is 17.3 Å². The van der Waals surface area contributed by atoms with Crippen molar-refractivity contribution >= 4 is 27.6 Å². The van der Waals surface area contributed by atoms with E-state index in [2.05, 4.69) is 9.55 Å². The van der Waals surface area contributed by atoms with Crippen LogP contribution in [0.15, 0.2) is 66.9 Å². The Morgan fingerprint density at radius 1 is 1.00 bits per heavy atom. The summed E-state index contributed by atoms with van der Waals surface area (Å²) in [6, 6.07) is 19.6. The molecule has 0 saturated heterocycles. The molecule has 0 unspecified atom stereocenters. The quantitative estimate of drug-likeness (QED) is 0.361. The molecule has 0 fully saturated rings. The minimum Gasteiger partial charge on any atom is -0.454 e. The van der Waals surface area contributed by atoms with Gasteiger partial charge in [-0.05, 0) is 44.2 Å². The molecule has 6 nitrogen and oxygen atoms in total. The Morgan fingerprint density at radius 3 is 2.62 bits per heavy atom. The number of para-hydroxylation sites is 1. The molecule has 0 spiro atoms. The van der Waals surface area contributed by atoms with Crippen LogP contribution in [0.2, 0.25) is 0 Å². The van der Waals surface area contributed by atoms with E-state index in [9.17, 15) is 4.79 Å². The normalized spacial score (nSPS) is 12.6. The molecule has 0 saturated carbocycles. The lowest BCUT2D eigenvalue weighted by molar-refractivity contribution is 0.101. The molecule has 5 aromatic rings. The zero-order chi connectivity index (χ0) is 21.8. The van der Waals surface area contributed by atoms with Crippen LogP contribution in [0, 0.1) is 6.92 Å². The molecule has 0 amide bonds. The van der Waals surface area contributed by atoms with Crippen molar-refractivity contribution in [1.82, 2.24) is 14.5 Å². The second-order valence-electron chi connectivity index (χ2n) is 7.81. The third kappa shape index (κ3) is 2.62. The summed E-state index contributed by atoms with van der Waals surface area (Å²) < 4.78 is 13.2. The lowest BCUT2D eigenvalue weighted by Crippen LogP contribution is -2.00. The minimum absolute atomic E-state index is 0.0127. The second kappa shape index (κ2) is 6.92. The third-order valence-electron chi connectivity index (χ3n) is 5.91. The van der Waals surface area contributed by atoms with E-state index in [1.807, 2.05) is 67.6 Å². The molecule has 32 heavy (non-hydrogen) atoms. The zero-order valence-electron chi connectivity index (χ0n) is 17.6. The fraction of sp³-hybridized carbons (Fsp3) is 0.115. The van der Waals surface area contributed by atoms with Crippen molar-refractivity contribution in [1.29, 1.82) is 0 Å². The number of rotatable bonds is 3. The Bertz CT molecular complexity index is 1540. The Balaban J connectivity index is 1.81. The molecule has 1 aliphatic rings. The predicted octanol–water partition coefficient (Wildman–Crippen LogP) is 5.48. The fourth-order valence-electron chi connectivity index (χ4n) is 4.59. The Morgan fingerprint density at radius 2 is 1.81 bits per heavy atom. The molecule has 0 radical (unpaired) electrons. The first-order valence-corrected chi connectivity index (χ1v) is 10.4. The van der Waals surface area contributed by atoms with E-state index in [0.29, 0.717) is 17.0 Å². The lowest BCUT2D eigenvalue weighted by Gasteiger charge is -2.12. The average Bonchev–Trinajstić information content (AvgIpc) is 3.40. The van der Waals surface area contributed by atoms with Gasteiger partial charge in [0.25, 0.3) is 0 Å². The van der Waals surface area contributed by atoms with Crippen LogP contribution in [0.1, 0.15) is 23.0 Å². The van der Waals surface area contributed by atoms with Crippen molar-refractivity contribution in [2.45, 2.75) is 13.8 Å². The van der Waals surface area contributed by atoms with Crippen LogP contribution in [-0.4, -0.2) is 27.1 Å². The van der Waals surface area contributed by atoms with Crippen LogP contribution >= 0.6 is 0 Å². The second-order valence-corrected chi connectivity index (χ2v) is 7.81. The number of hydrogen-bond donors (Lipinski definition) is 0. The fourth-order valence-corrected chi connectivity index (χ4v) is 4.59. The van der Waals surface area contributed by atoms with Crippen LogP contribution in [0.25, 0.3) is 38.9 Å². The van der Waals surface area contributed by atoms with Crippen molar-refractivity contribution in [2.75, 3.05) is 6.79 Å². The molecule has 156 valence electrons. The van der Waals surface area contributed by atoms with Crippen molar-refractivity contribution in [2.24, 2.45) is 0 Å². The monoisotopic (exact) mass is 421 g/mol. The molecule has 2 aromatic carbocycles. The van der Waals surface area contributed by atoms with Gasteiger partial charge < -0.3 is 14.0 Å². The van der Waals surface area contributed by atoms with Crippen molar-refractivity contribution < 1.29 is 14.3 Å². The van der Waals surface area contributed by atoms with Crippen LogP contribution in [0.3, 0.4) is 0 Å². The third-order valence-corrected chi connectivity index (χ3v) is 5.91. The standard InChI is InChI=1S/C26H19N3O3/c1-15-23(16(2)30)24-25(20-9-5-6-12-27-20)28-19-8-4-3-7-18(19)26(24)29(15)17-10-11-21-22(13-17)32-14-31-21/h3-13H,14H2,1-2H3. The van der Waals surface area contributed by atoms with E-state index in [0.717, 1.165) is 44.6 Å². The Labute approximate surface area is 184 Å². The first-order chi connectivity index (χ1) is 15.6. The molecule has 3 aromatic heterocycles. The molecule has 6 rings (SSSR count). The summed E-state index contributed by atoms with van der Waals surface area (Å²) in [6.07, 6.45) is 1.74. The van der Waals surface area contributed by atoms with Gasteiger partial charge in [-0.15, -0.1) is 0 Å². The van der Waals surface area contributed by atoms with Gasteiger partial charge in [0.2, 0.25) is 6.79 Å². The van der Waals surface area contributed by atoms with Crippen LogP contribution < -0.4 is 9.47 Å². The molecule has 0 N–H and O–H groups in total. The summed E-state index contributed by atoms with van der Waals surface area (Å²) >= 11 is 0. The van der Waals surface area contributed by atoms with Gasteiger partial charge in [-0.1, -0.05) is 24.3 Å². The van der Waals surface area contributed by atoms with Crippen molar-refractivity contribution in [3.63, 3.8) is 0 Å². The number of carbonyl (C=O) groups excluding carboxylic acids is 1. The minimum atomic E-state index is -0.0127. The summed E-state index contributed by atoms with van der Waals surface area (Å²) in [7, 11) is 0. The smallest absolute Gasteiger partial charge is 0.231 e. The largest absolute Gasteiger partial charge is 0.454 e. The molecule has 4 heterocycles. The molecular formula is C26H19N3O3. The van der Waals surface area contributed by atoms with Crippen molar-refractivity contribution in [3.05, 3.63) is 78.1 Å². The molecule has 0 atom stereocenters. The van der Waals surface area contributed by atoms with E-state index in [1.165, 1.54) is 0 Å². The first-order valence-electron chi connectivity index (χ1n) is 10.4. The van der Waals surface area contributed by atoms with E-state index in [1.54, 1.807) is 13.1 Å². The van der Waals surface area contributed by atoms with E-state index < -0.39 is 0 Å². The number of carbonyl (C=O) groups is 1. The highest BCUT2D eigenvalue weighted by molar-refractivity contribution is 6.19. The SMILES string of the molecule is CC(=O)c1c(C)n(-c2ccc3c(c2)OCO3)c2c1c(-c1ccccn1)nc1ccccc12. The number of nitrogens with zero attached hydrogens (tertiary/aromatic N) is 3. The summed E-state index contributed by atoms with van der Waals surface area (Å²) in [6.45, 7) is 3.78. The van der Waals surface area contributed by atoms with Gasteiger partial charge in [0.05, 0.1) is 22.4 Å². The van der Waals surface area contributed by atoms with Gasteiger partial charge in [0.1, 0.15) is 0 Å². The summed E-state index contributed by atoms with van der Waals surface area (Å²) in [5.41, 5.74) is 5.60. The maximum atomic E-state index is 12.9. The number of Topliss-reactive ketones (excluding diaryl/α,β-unsaturated/α-hetero) is 1. The van der Waals surface area contributed by atoms with Crippen molar-refractivity contribution in [3.8, 4) is 28.6 Å². The van der Waals surface area contributed by atoms with Gasteiger partial charge in [-0.3, -0.25) is 9.78 Å². The van der Waals surface area contributed by atoms with E-state index >= 15 is 0 Å². The molecule has 1 aliphatic heterocycles. The predicted molar refractivity (Wildman–Crippen MR) is 123 cm³/mol. The van der Waals surface area contributed by atoms with Gasteiger partial charge in [0, 0.05) is 40.0 Å². The Hall–Kier alpha value is -4.19. The topological polar surface area (TPSA) is 66.2 Å². The zero-order valence-corrected chi connectivity index (χ0v) is 17.6. The van der Waals surface area contributed by atoms with Crippen LogP contribution in [0.5, 0.6) is 11.5 Å². The summed E-state index contributed by atoms with van der Waals surface area (Å²) in [4.78, 5) is 22.4. The van der Waals surface area contributed by atoms with Gasteiger partial charge in [-0.25, -0.2) is 4.98 Å². The van der Waals surface area contributed by atoms with E-state index in [4.69, 9.17) is 14.5 Å². The highest BCUT2D eigenvalue weighted by Gasteiger charge is 2.26. The lowest BCUT2D eigenvalue weighted by atomic mass is 10.0. The number of hydrogen-bond acceptors (Lipinski definition) is 5. The van der Waals surface area contributed by atoms with Gasteiger partial charge >= 0.3 is 0 Å². The summed E-state index contributed by atoms with van der Waals surface area (Å²) in [5, 5.41) is 1.78. The highest BCUT2D eigenvalue weighted by atomic mass is 16.7. The number of aromatic nitrogens is 3. The molecule has 6 heteroatoms. The first kappa shape index (κ1) is 18.6. The maximum absolute atomic E-state index is 12.9. The Kier molecular flexibility index (Phi) is 4.01. The van der Waals surface area contributed by atoms with Gasteiger partial charge in [-0.2, -0.15) is 0 Å². The van der Waals surface area contributed by atoms with Crippen LogP contribution in [-0.2, 0) is 0 Å². The number of ether oxygens (including phenoxy) is 2. The van der Waals surface area contributed by atoms with Crippen LogP contribution in [0.4, 0.5) is 0 Å². The molecule has 0 aliphatic carbocycles. The molecule has 0 bridgehead atoms. The van der Waals surface area contributed by atoms with E-state index in [-0.39, 0.29) is 12.6 Å². The average molecular weight is 421 g/mol.